The standard InChI is InChI=1S/C14H24N6/c1-4-7-19-8-6-16-14(19)10-12(17-15)13-9-11(3)18-20(13)5-2/h6,8-9,12,17H,4-5,7,10,15H2,1-3H3. The van der Waals surface area contributed by atoms with E-state index in [1.165, 1.54) is 0 Å². The Morgan fingerprint density at radius 1 is 1.40 bits per heavy atom. The first kappa shape index (κ1) is 14.7. The van der Waals surface area contributed by atoms with Gasteiger partial charge in [0.05, 0.1) is 17.4 Å². The number of aryl methyl sites for hydroxylation is 3. The van der Waals surface area contributed by atoms with Crippen LogP contribution in [-0.4, -0.2) is 19.3 Å². The van der Waals surface area contributed by atoms with Crippen LogP contribution in [0.15, 0.2) is 18.5 Å². The Labute approximate surface area is 120 Å². The molecular weight excluding hydrogens is 252 g/mol. The van der Waals surface area contributed by atoms with E-state index in [-0.39, 0.29) is 6.04 Å². The van der Waals surface area contributed by atoms with Crippen molar-refractivity contribution in [2.45, 2.75) is 52.7 Å². The second-order valence-corrected chi connectivity index (χ2v) is 4.99. The molecule has 0 aromatic carbocycles. The Balaban J connectivity index is 2.22. The summed E-state index contributed by atoms with van der Waals surface area (Å²) in [7, 11) is 0. The maximum absolute atomic E-state index is 5.75. The molecular formula is C14H24N6. The molecule has 20 heavy (non-hydrogen) atoms. The van der Waals surface area contributed by atoms with Gasteiger partial charge in [-0.15, -0.1) is 0 Å². The van der Waals surface area contributed by atoms with Crippen LogP contribution in [0.2, 0.25) is 0 Å². The van der Waals surface area contributed by atoms with Crippen LogP contribution in [0.25, 0.3) is 0 Å². The summed E-state index contributed by atoms with van der Waals surface area (Å²) in [6, 6.07) is 2.11. The fourth-order valence-electron chi connectivity index (χ4n) is 2.51. The number of nitrogens with two attached hydrogens (primary N) is 1. The molecule has 0 saturated carbocycles. The first-order valence-corrected chi connectivity index (χ1v) is 7.20. The lowest BCUT2D eigenvalue weighted by Gasteiger charge is -2.17. The van der Waals surface area contributed by atoms with Crippen LogP contribution < -0.4 is 11.3 Å². The quantitative estimate of drug-likeness (QED) is 0.594. The van der Waals surface area contributed by atoms with Crippen molar-refractivity contribution < 1.29 is 0 Å². The van der Waals surface area contributed by atoms with Gasteiger partial charge in [-0.05, 0) is 26.3 Å². The van der Waals surface area contributed by atoms with Crippen molar-refractivity contribution in [1.29, 1.82) is 0 Å². The second-order valence-electron chi connectivity index (χ2n) is 4.99. The molecule has 0 aliphatic rings. The largest absolute Gasteiger partial charge is 0.335 e. The molecule has 0 spiro atoms. The van der Waals surface area contributed by atoms with Crippen molar-refractivity contribution in [3.8, 4) is 0 Å². The Bertz CT molecular complexity index is 542. The van der Waals surface area contributed by atoms with Gasteiger partial charge in [0.2, 0.25) is 0 Å². The molecule has 0 amide bonds. The molecule has 0 aliphatic heterocycles. The van der Waals surface area contributed by atoms with Gasteiger partial charge in [-0.1, -0.05) is 6.92 Å². The second kappa shape index (κ2) is 6.67. The molecule has 0 fully saturated rings. The molecule has 1 unspecified atom stereocenters. The van der Waals surface area contributed by atoms with Gasteiger partial charge >= 0.3 is 0 Å². The fourth-order valence-corrected chi connectivity index (χ4v) is 2.51. The predicted molar refractivity (Wildman–Crippen MR) is 78.9 cm³/mol. The average Bonchev–Trinajstić information content (AvgIpc) is 3.03. The zero-order valence-corrected chi connectivity index (χ0v) is 12.5. The minimum Gasteiger partial charge on any atom is -0.335 e. The minimum atomic E-state index is 0.0224. The number of hydrogen-bond acceptors (Lipinski definition) is 4. The van der Waals surface area contributed by atoms with Gasteiger partial charge in [0.1, 0.15) is 5.82 Å². The molecule has 2 heterocycles. The topological polar surface area (TPSA) is 73.7 Å². The molecule has 0 saturated heterocycles. The molecule has 6 nitrogen and oxygen atoms in total. The van der Waals surface area contributed by atoms with Crippen LogP contribution in [0.1, 0.15) is 43.5 Å². The third-order valence-electron chi connectivity index (χ3n) is 3.44. The molecule has 0 aliphatic carbocycles. The summed E-state index contributed by atoms with van der Waals surface area (Å²) in [6.07, 6.45) is 5.72. The molecule has 2 aromatic rings. The number of nitrogens with zero attached hydrogens (tertiary/aromatic N) is 4. The Hall–Kier alpha value is -1.66. The van der Waals surface area contributed by atoms with Gasteiger partial charge in [0, 0.05) is 31.9 Å². The summed E-state index contributed by atoms with van der Waals surface area (Å²) in [5.74, 6) is 6.80. The minimum absolute atomic E-state index is 0.0224. The summed E-state index contributed by atoms with van der Waals surface area (Å²) >= 11 is 0. The molecule has 1 atom stereocenters. The van der Waals surface area contributed by atoms with Gasteiger partial charge in [0.25, 0.3) is 0 Å². The van der Waals surface area contributed by atoms with Crippen molar-refractivity contribution in [3.05, 3.63) is 35.7 Å². The number of nitrogens with one attached hydrogen (secondary N) is 1. The molecule has 6 heteroatoms. The molecule has 0 bridgehead atoms. The maximum atomic E-state index is 5.75. The number of hydrogen-bond donors (Lipinski definition) is 2. The Morgan fingerprint density at radius 2 is 2.20 bits per heavy atom. The van der Waals surface area contributed by atoms with Crippen LogP contribution in [0, 0.1) is 6.92 Å². The third-order valence-corrected chi connectivity index (χ3v) is 3.44. The first-order chi connectivity index (χ1) is 9.69. The van der Waals surface area contributed by atoms with Gasteiger partial charge in [0.15, 0.2) is 0 Å². The van der Waals surface area contributed by atoms with E-state index >= 15 is 0 Å². The van der Waals surface area contributed by atoms with Crippen LogP contribution in [0.5, 0.6) is 0 Å². The highest BCUT2D eigenvalue weighted by molar-refractivity contribution is 5.15. The van der Waals surface area contributed by atoms with Crippen LogP contribution in [0.3, 0.4) is 0 Å². The zero-order valence-electron chi connectivity index (χ0n) is 12.5. The van der Waals surface area contributed by atoms with Gasteiger partial charge in [-0.25, -0.2) is 4.98 Å². The Kier molecular flexibility index (Phi) is 4.92. The monoisotopic (exact) mass is 276 g/mol. The van der Waals surface area contributed by atoms with E-state index in [1.807, 2.05) is 24.0 Å². The van der Waals surface area contributed by atoms with Crippen molar-refractivity contribution >= 4 is 0 Å². The number of hydrazine groups is 1. The van der Waals surface area contributed by atoms with Crippen LogP contribution in [-0.2, 0) is 19.5 Å². The molecule has 0 radical (unpaired) electrons. The Morgan fingerprint density at radius 3 is 2.85 bits per heavy atom. The highest BCUT2D eigenvalue weighted by Gasteiger charge is 2.18. The van der Waals surface area contributed by atoms with E-state index < -0.39 is 0 Å². The normalized spacial score (nSPS) is 12.8. The summed E-state index contributed by atoms with van der Waals surface area (Å²) in [6.45, 7) is 8.07. The van der Waals surface area contributed by atoms with E-state index in [0.717, 1.165) is 43.1 Å². The lowest BCUT2D eigenvalue weighted by atomic mass is 10.1. The average molecular weight is 276 g/mol. The van der Waals surface area contributed by atoms with E-state index in [2.05, 4.69) is 40.0 Å². The molecule has 3 N–H and O–H groups in total. The third kappa shape index (κ3) is 3.08. The molecule has 2 rings (SSSR count). The number of imidazole rings is 1. The summed E-state index contributed by atoms with van der Waals surface area (Å²) in [5.41, 5.74) is 5.02. The van der Waals surface area contributed by atoms with Crippen LogP contribution >= 0.6 is 0 Å². The maximum Gasteiger partial charge on any atom is 0.110 e. The van der Waals surface area contributed by atoms with Gasteiger partial charge < -0.3 is 4.57 Å². The summed E-state index contributed by atoms with van der Waals surface area (Å²) < 4.78 is 4.18. The highest BCUT2D eigenvalue weighted by atomic mass is 15.3. The van der Waals surface area contributed by atoms with E-state index in [1.54, 1.807) is 0 Å². The first-order valence-electron chi connectivity index (χ1n) is 7.20. The van der Waals surface area contributed by atoms with Gasteiger partial charge in [-0.2, -0.15) is 5.10 Å². The van der Waals surface area contributed by atoms with E-state index in [0.29, 0.717) is 0 Å². The summed E-state index contributed by atoms with van der Waals surface area (Å²) in [4.78, 5) is 4.45. The van der Waals surface area contributed by atoms with E-state index in [9.17, 15) is 0 Å². The fraction of sp³-hybridized carbons (Fsp3) is 0.571. The predicted octanol–water partition coefficient (Wildman–Crippen LogP) is 1.57. The molecule has 2 aromatic heterocycles. The lowest BCUT2D eigenvalue weighted by Crippen LogP contribution is -2.32. The van der Waals surface area contributed by atoms with Crippen molar-refractivity contribution in [1.82, 2.24) is 24.8 Å². The highest BCUT2D eigenvalue weighted by Crippen LogP contribution is 2.18. The molecule has 110 valence electrons. The lowest BCUT2D eigenvalue weighted by molar-refractivity contribution is 0.471. The van der Waals surface area contributed by atoms with Gasteiger partial charge in [-0.3, -0.25) is 16.0 Å². The zero-order chi connectivity index (χ0) is 14.5. The number of rotatable bonds is 7. The summed E-state index contributed by atoms with van der Waals surface area (Å²) in [5, 5.41) is 4.48. The van der Waals surface area contributed by atoms with Crippen molar-refractivity contribution in [3.63, 3.8) is 0 Å². The van der Waals surface area contributed by atoms with Crippen molar-refractivity contribution in [2.75, 3.05) is 0 Å². The van der Waals surface area contributed by atoms with Crippen LogP contribution in [0.4, 0.5) is 0 Å². The smallest absolute Gasteiger partial charge is 0.110 e. The van der Waals surface area contributed by atoms with E-state index in [4.69, 9.17) is 5.84 Å². The SMILES string of the molecule is CCCn1ccnc1CC(NN)c1cc(C)nn1CC. The number of aromatic nitrogens is 4. The van der Waals surface area contributed by atoms with Crippen molar-refractivity contribution in [2.24, 2.45) is 5.84 Å².